The Balaban J connectivity index is 2.55. The van der Waals surface area contributed by atoms with E-state index < -0.39 is 10.2 Å². The molecule has 1 saturated heterocycles. The second kappa shape index (κ2) is 6.65. The van der Waals surface area contributed by atoms with Crippen LogP contribution in [-0.2, 0) is 10.2 Å². The lowest BCUT2D eigenvalue weighted by atomic mass is 10.1. The van der Waals surface area contributed by atoms with Gasteiger partial charge in [0.05, 0.1) is 0 Å². The summed E-state index contributed by atoms with van der Waals surface area (Å²) in [5.74, 6) is 0. The van der Waals surface area contributed by atoms with Gasteiger partial charge in [-0.25, -0.2) is 4.72 Å². The molecule has 0 aromatic carbocycles. The first-order valence-electron chi connectivity index (χ1n) is 6.08. The van der Waals surface area contributed by atoms with Gasteiger partial charge in [0.1, 0.15) is 0 Å². The molecule has 0 amide bonds. The summed E-state index contributed by atoms with van der Waals surface area (Å²) in [6.45, 7) is 2.11. The molecule has 0 spiro atoms. The zero-order valence-electron chi connectivity index (χ0n) is 10.7. The minimum absolute atomic E-state index is 0.0411. The van der Waals surface area contributed by atoms with Crippen LogP contribution in [0.15, 0.2) is 0 Å². The highest BCUT2D eigenvalue weighted by Crippen LogP contribution is 2.18. The molecule has 0 bridgehead atoms. The van der Waals surface area contributed by atoms with Gasteiger partial charge < -0.3 is 10.6 Å². The van der Waals surface area contributed by atoms with Crippen LogP contribution in [0.25, 0.3) is 0 Å². The summed E-state index contributed by atoms with van der Waals surface area (Å²) in [7, 11) is 0.466. The highest BCUT2D eigenvalue weighted by Gasteiger charge is 2.30. The van der Waals surface area contributed by atoms with E-state index >= 15 is 0 Å². The molecule has 17 heavy (non-hydrogen) atoms. The SMILES string of the molecule is CN(C)CCNS(=O)(=O)N1CCCCC1CN. The van der Waals surface area contributed by atoms with Crippen LogP contribution < -0.4 is 10.5 Å². The number of nitrogens with two attached hydrogens (primary N) is 1. The Morgan fingerprint density at radius 2 is 2.12 bits per heavy atom. The maximum absolute atomic E-state index is 12.1. The Hall–Kier alpha value is -0.210. The van der Waals surface area contributed by atoms with Gasteiger partial charge in [-0.1, -0.05) is 6.42 Å². The van der Waals surface area contributed by atoms with Gasteiger partial charge in [-0.3, -0.25) is 0 Å². The number of piperidine rings is 1. The van der Waals surface area contributed by atoms with Crippen molar-refractivity contribution in [1.82, 2.24) is 13.9 Å². The third kappa shape index (κ3) is 4.51. The summed E-state index contributed by atoms with van der Waals surface area (Å²) < 4.78 is 28.3. The summed E-state index contributed by atoms with van der Waals surface area (Å²) >= 11 is 0. The molecule has 1 rings (SSSR count). The molecule has 0 saturated carbocycles. The normalized spacial score (nSPS) is 23.2. The van der Waals surface area contributed by atoms with E-state index in [-0.39, 0.29) is 6.04 Å². The summed E-state index contributed by atoms with van der Waals surface area (Å²) in [5, 5.41) is 0. The van der Waals surface area contributed by atoms with Crippen LogP contribution in [0.1, 0.15) is 19.3 Å². The molecule has 6 nitrogen and oxygen atoms in total. The maximum atomic E-state index is 12.1. The Kier molecular flexibility index (Phi) is 5.81. The first-order valence-corrected chi connectivity index (χ1v) is 7.52. The van der Waals surface area contributed by atoms with Crippen molar-refractivity contribution >= 4 is 10.2 Å². The Labute approximate surface area is 104 Å². The van der Waals surface area contributed by atoms with Gasteiger partial charge >= 0.3 is 0 Å². The van der Waals surface area contributed by atoms with Gasteiger partial charge in [0.15, 0.2) is 0 Å². The lowest BCUT2D eigenvalue weighted by molar-refractivity contribution is 0.254. The van der Waals surface area contributed by atoms with Crippen LogP contribution in [-0.4, -0.2) is 63.9 Å². The number of hydrogen-bond acceptors (Lipinski definition) is 4. The molecule has 3 N–H and O–H groups in total. The third-order valence-electron chi connectivity index (χ3n) is 3.00. The van der Waals surface area contributed by atoms with Crippen molar-refractivity contribution in [1.29, 1.82) is 0 Å². The average Bonchev–Trinajstić information content (AvgIpc) is 2.28. The van der Waals surface area contributed by atoms with E-state index in [1.807, 2.05) is 19.0 Å². The predicted molar refractivity (Wildman–Crippen MR) is 68.9 cm³/mol. The highest BCUT2D eigenvalue weighted by atomic mass is 32.2. The third-order valence-corrected chi connectivity index (χ3v) is 4.66. The van der Waals surface area contributed by atoms with Crippen LogP contribution in [0.5, 0.6) is 0 Å². The van der Waals surface area contributed by atoms with Crippen LogP contribution in [0, 0.1) is 0 Å². The number of rotatable bonds is 6. The van der Waals surface area contributed by atoms with E-state index in [1.165, 1.54) is 4.31 Å². The molecule has 0 aromatic heterocycles. The molecule has 1 aliphatic rings. The molecule has 0 aliphatic carbocycles. The molecular formula is C10H24N4O2S. The molecule has 7 heteroatoms. The summed E-state index contributed by atoms with van der Waals surface area (Å²) in [4.78, 5) is 1.94. The van der Waals surface area contributed by atoms with Gasteiger partial charge in [0.25, 0.3) is 10.2 Å². The zero-order valence-corrected chi connectivity index (χ0v) is 11.5. The van der Waals surface area contributed by atoms with E-state index in [9.17, 15) is 8.42 Å². The van der Waals surface area contributed by atoms with E-state index in [2.05, 4.69) is 4.72 Å². The second-order valence-electron chi connectivity index (χ2n) is 4.70. The minimum atomic E-state index is -3.36. The summed E-state index contributed by atoms with van der Waals surface area (Å²) in [6.07, 6.45) is 2.85. The van der Waals surface area contributed by atoms with E-state index in [0.29, 0.717) is 26.2 Å². The molecule has 1 unspecified atom stereocenters. The molecule has 1 aliphatic heterocycles. The van der Waals surface area contributed by atoms with Crippen LogP contribution in [0.3, 0.4) is 0 Å². The van der Waals surface area contributed by atoms with E-state index in [4.69, 9.17) is 5.73 Å². The van der Waals surface area contributed by atoms with Crippen molar-refractivity contribution in [3.63, 3.8) is 0 Å². The van der Waals surface area contributed by atoms with Gasteiger partial charge in [-0.15, -0.1) is 0 Å². The average molecular weight is 264 g/mol. The fraction of sp³-hybridized carbons (Fsp3) is 1.00. The number of likely N-dealkylation sites (N-methyl/N-ethyl adjacent to an activating group) is 1. The van der Waals surface area contributed by atoms with Gasteiger partial charge in [-0.2, -0.15) is 12.7 Å². The quantitative estimate of drug-likeness (QED) is 0.658. The monoisotopic (exact) mass is 264 g/mol. The lowest BCUT2D eigenvalue weighted by Crippen LogP contribution is -2.52. The minimum Gasteiger partial charge on any atom is -0.329 e. The first-order chi connectivity index (χ1) is 7.97. The maximum Gasteiger partial charge on any atom is 0.279 e. The fourth-order valence-corrected chi connectivity index (χ4v) is 3.48. The van der Waals surface area contributed by atoms with E-state index in [1.54, 1.807) is 0 Å². The predicted octanol–water partition coefficient (Wildman–Crippen LogP) is -0.804. The van der Waals surface area contributed by atoms with Crippen molar-refractivity contribution in [3.8, 4) is 0 Å². The Morgan fingerprint density at radius 1 is 1.41 bits per heavy atom. The molecule has 1 heterocycles. The largest absolute Gasteiger partial charge is 0.329 e. The molecular weight excluding hydrogens is 240 g/mol. The summed E-state index contributed by atoms with van der Waals surface area (Å²) in [6, 6.07) is -0.0411. The van der Waals surface area contributed by atoms with Crippen molar-refractivity contribution in [2.75, 3.05) is 40.3 Å². The van der Waals surface area contributed by atoms with Crippen molar-refractivity contribution in [3.05, 3.63) is 0 Å². The van der Waals surface area contributed by atoms with Crippen molar-refractivity contribution in [2.45, 2.75) is 25.3 Å². The standard InChI is InChI=1S/C10H24N4O2S/c1-13(2)8-6-12-17(15,16)14-7-4-3-5-10(14)9-11/h10,12H,3-9,11H2,1-2H3. The van der Waals surface area contributed by atoms with Crippen LogP contribution in [0.2, 0.25) is 0 Å². The van der Waals surface area contributed by atoms with Gasteiger partial charge in [-0.05, 0) is 26.9 Å². The Bertz CT molecular complexity index is 318. The Morgan fingerprint density at radius 3 is 2.71 bits per heavy atom. The van der Waals surface area contributed by atoms with Gasteiger partial charge in [0.2, 0.25) is 0 Å². The molecule has 0 radical (unpaired) electrons. The second-order valence-corrected chi connectivity index (χ2v) is 6.41. The first kappa shape index (κ1) is 14.8. The van der Waals surface area contributed by atoms with Crippen molar-refractivity contribution in [2.24, 2.45) is 5.73 Å². The zero-order chi connectivity index (χ0) is 12.9. The van der Waals surface area contributed by atoms with Crippen LogP contribution >= 0.6 is 0 Å². The number of nitrogens with zero attached hydrogens (tertiary/aromatic N) is 2. The smallest absolute Gasteiger partial charge is 0.279 e. The highest BCUT2D eigenvalue weighted by molar-refractivity contribution is 7.87. The van der Waals surface area contributed by atoms with Crippen molar-refractivity contribution < 1.29 is 8.42 Å². The number of nitrogens with one attached hydrogen (secondary N) is 1. The molecule has 102 valence electrons. The van der Waals surface area contributed by atoms with Crippen LogP contribution in [0.4, 0.5) is 0 Å². The molecule has 0 aromatic rings. The fourth-order valence-electron chi connectivity index (χ4n) is 2.01. The molecule has 1 fully saturated rings. The number of hydrogen-bond donors (Lipinski definition) is 2. The van der Waals surface area contributed by atoms with Gasteiger partial charge in [0, 0.05) is 32.2 Å². The summed E-state index contributed by atoms with van der Waals surface area (Å²) in [5.41, 5.74) is 5.63. The topological polar surface area (TPSA) is 78.7 Å². The lowest BCUT2D eigenvalue weighted by Gasteiger charge is -2.33. The molecule has 1 atom stereocenters. The van der Waals surface area contributed by atoms with E-state index in [0.717, 1.165) is 19.3 Å².